The van der Waals surface area contributed by atoms with Gasteiger partial charge in [-0.15, -0.1) is 0 Å². The molecule has 0 atom stereocenters. The zero-order chi connectivity index (χ0) is 25.2. The molecule has 0 bridgehead atoms. The average molecular weight is 546 g/mol. The Morgan fingerprint density at radius 1 is 1.08 bits per heavy atom. The number of aromatic amines is 1. The summed E-state index contributed by atoms with van der Waals surface area (Å²) in [6, 6.07) is 15.0. The van der Waals surface area contributed by atoms with Crippen molar-refractivity contribution < 1.29 is 14.3 Å². The molecule has 3 heterocycles. The number of carbonyl (C=O) groups excluding carboxylic acids is 2. The van der Waals surface area contributed by atoms with Gasteiger partial charge in [-0.3, -0.25) is 14.7 Å². The highest BCUT2D eigenvalue weighted by Gasteiger charge is 2.28. The van der Waals surface area contributed by atoms with Crippen LogP contribution < -0.4 is 10.5 Å². The van der Waals surface area contributed by atoms with Gasteiger partial charge in [0.05, 0.1) is 0 Å². The molecule has 2 aromatic carbocycles. The Labute approximate surface area is 216 Å². The number of aromatic nitrogens is 3. The van der Waals surface area contributed by atoms with Crippen LogP contribution in [0.3, 0.4) is 0 Å². The molecule has 5 rings (SSSR count). The van der Waals surface area contributed by atoms with Crippen LogP contribution in [0.5, 0.6) is 11.5 Å². The third-order valence-electron chi connectivity index (χ3n) is 6.35. The molecule has 4 aromatic rings. The Bertz CT molecular complexity index is 1480. The summed E-state index contributed by atoms with van der Waals surface area (Å²) in [5, 5.41) is 3.15. The second-order valence-electron chi connectivity index (χ2n) is 8.58. The Morgan fingerprint density at radius 2 is 1.72 bits per heavy atom. The lowest BCUT2D eigenvalue weighted by Gasteiger charge is -2.30. The van der Waals surface area contributed by atoms with E-state index in [9.17, 15) is 9.59 Å². The smallest absolute Gasteiger partial charge is 0.298 e. The van der Waals surface area contributed by atoms with Crippen LogP contribution in [0.1, 0.15) is 41.7 Å². The number of piperidine rings is 1. The van der Waals surface area contributed by atoms with Gasteiger partial charge in [-0.05, 0) is 80.1 Å². The van der Waals surface area contributed by atoms with E-state index in [4.69, 9.17) is 15.5 Å². The first-order chi connectivity index (χ1) is 17.4. The number of fused-ring (bicyclic) bond motifs is 1. The van der Waals surface area contributed by atoms with Crippen LogP contribution in [0.15, 0.2) is 59.2 Å². The van der Waals surface area contributed by atoms with Gasteiger partial charge >= 0.3 is 0 Å². The van der Waals surface area contributed by atoms with Crippen molar-refractivity contribution in [2.24, 2.45) is 5.73 Å². The van der Waals surface area contributed by atoms with Gasteiger partial charge in [-0.1, -0.05) is 21.9 Å². The van der Waals surface area contributed by atoms with Gasteiger partial charge in [0.15, 0.2) is 11.3 Å². The number of likely N-dealkylation sites (tertiary alicyclic amines) is 1. The first-order valence-electron chi connectivity index (χ1n) is 11.6. The number of amides is 2. The lowest BCUT2D eigenvalue weighted by Crippen LogP contribution is -2.37. The molecule has 0 aliphatic carbocycles. The Hall–Kier alpha value is -4.03. The topological polar surface area (TPSA) is 106 Å². The first-order valence-corrected chi connectivity index (χ1v) is 12.4. The third kappa shape index (κ3) is 4.60. The normalized spacial score (nSPS) is 13.9. The molecule has 1 fully saturated rings. The van der Waals surface area contributed by atoms with Crippen molar-refractivity contribution in [1.82, 2.24) is 19.5 Å². The van der Waals surface area contributed by atoms with E-state index in [1.165, 1.54) is 0 Å². The number of imidazole rings is 1. The zero-order valence-electron chi connectivity index (χ0n) is 19.6. The number of H-pyrrole nitrogens is 1. The summed E-state index contributed by atoms with van der Waals surface area (Å²) in [4.78, 5) is 31.1. The van der Waals surface area contributed by atoms with E-state index in [-0.39, 0.29) is 11.8 Å². The molecule has 2 amide bonds. The Kier molecular flexibility index (Phi) is 6.53. The molecule has 0 unspecified atom stereocenters. The number of nitrogens with one attached hydrogen (secondary N) is 1. The van der Waals surface area contributed by atoms with Crippen LogP contribution in [-0.4, -0.2) is 44.4 Å². The van der Waals surface area contributed by atoms with Crippen molar-refractivity contribution in [2.45, 2.75) is 25.7 Å². The van der Waals surface area contributed by atoms with Gasteiger partial charge < -0.3 is 15.4 Å². The average Bonchev–Trinajstić information content (AvgIpc) is 3.46. The summed E-state index contributed by atoms with van der Waals surface area (Å²) >= 11 is 3.41. The number of hydrogen-bond acceptors (Lipinski definition) is 4. The Morgan fingerprint density at radius 3 is 2.33 bits per heavy atom. The van der Waals surface area contributed by atoms with Crippen LogP contribution >= 0.6 is 15.9 Å². The van der Waals surface area contributed by atoms with Gasteiger partial charge in [-0.25, -0.2) is 9.50 Å². The third-order valence-corrected chi connectivity index (χ3v) is 6.88. The molecule has 0 saturated carbocycles. The highest BCUT2D eigenvalue weighted by molar-refractivity contribution is 9.10. The molecule has 0 spiro atoms. The SMILES string of the molecule is CC#CC(=O)N1CCC(c2c[nH]n3c(C(N)=O)c(-c4ccc(Oc5ccc(Br)cc5)cc4)nc23)CC1. The molecule has 2 aromatic heterocycles. The van der Waals surface area contributed by atoms with Crippen LogP contribution in [0.4, 0.5) is 0 Å². The fraction of sp³-hybridized carbons (Fsp3) is 0.222. The predicted octanol–water partition coefficient (Wildman–Crippen LogP) is 4.71. The standard InChI is InChI=1S/C27H24BrN5O3/c1-2-3-23(34)32-14-12-17(13-15-32)22-16-30-33-25(26(29)35)24(31-27(22)33)18-4-8-20(9-5-18)36-21-10-6-19(28)7-11-21/h4-11,16-17,30H,12-15H2,1H3,(H2,29,35). The lowest BCUT2D eigenvalue weighted by molar-refractivity contribution is -0.126. The molecule has 0 radical (unpaired) electrons. The maximum Gasteiger partial charge on any atom is 0.298 e. The van der Waals surface area contributed by atoms with Crippen molar-refractivity contribution in [3.05, 3.63) is 70.5 Å². The molecule has 36 heavy (non-hydrogen) atoms. The maximum atomic E-state index is 12.4. The van der Waals surface area contributed by atoms with Crippen LogP contribution in [-0.2, 0) is 4.79 Å². The second-order valence-corrected chi connectivity index (χ2v) is 9.50. The highest BCUT2D eigenvalue weighted by Crippen LogP contribution is 2.34. The summed E-state index contributed by atoms with van der Waals surface area (Å²) in [5.74, 6) is 6.16. The largest absolute Gasteiger partial charge is 0.457 e. The number of primary amides is 1. The van der Waals surface area contributed by atoms with E-state index in [0.717, 1.165) is 34.2 Å². The highest BCUT2D eigenvalue weighted by atomic mass is 79.9. The molecular weight excluding hydrogens is 522 g/mol. The van der Waals surface area contributed by atoms with Gasteiger partial charge in [0.25, 0.3) is 11.8 Å². The molecule has 3 N–H and O–H groups in total. The summed E-state index contributed by atoms with van der Waals surface area (Å²) in [6.45, 7) is 2.92. The molecule has 1 aliphatic heterocycles. The van der Waals surface area contributed by atoms with Crippen molar-refractivity contribution in [3.8, 4) is 34.6 Å². The van der Waals surface area contributed by atoms with Gasteiger partial charge in [0, 0.05) is 34.9 Å². The van der Waals surface area contributed by atoms with E-state index in [2.05, 4.69) is 32.9 Å². The van der Waals surface area contributed by atoms with E-state index in [1.54, 1.807) is 16.3 Å². The number of halogens is 1. The number of nitrogens with zero attached hydrogens (tertiary/aromatic N) is 3. The number of ether oxygens (including phenoxy) is 1. The molecule has 182 valence electrons. The Balaban J connectivity index is 1.41. The van der Waals surface area contributed by atoms with Crippen LogP contribution in [0.2, 0.25) is 0 Å². The fourth-order valence-corrected chi connectivity index (χ4v) is 4.83. The number of hydrogen-bond donors (Lipinski definition) is 2. The summed E-state index contributed by atoms with van der Waals surface area (Å²) in [7, 11) is 0. The predicted molar refractivity (Wildman–Crippen MR) is 140 cm³/mol. The van der Waals surface area contributed by atoms with Crippen LogP contribution in [0, 0.1) is 11.8 Å². The molecular formula is C27H24BrN5O3. The first kappa shape index (κ1) is 23.7. The van der Waals surface area contributed by atoms with Crippen molar-refractivity contribution >= 4 is 33.4 Å². The minimum absolute atomic E-state index is 0.137. The summed E-state index contributed by atoms with van der Waals surface area (Å²) < 4.78 is 8.53. The number of benzene rings is 2. The van der Waals surface area contributed by atoms with E-state index in [0.29, 0.717) is 35.9 Å². The summed E-state index contributed by atoms with van der Waals surface area (Å²) in [6.07, 6.45) is 3.46. The van der Waals surface area contributed by atoms with Crippen molar-refractivity contribution in [2.75, 3.05) is 13.1 Å². The van der Waals surface area contributed by atoms with E-state index in [1.807, 2.05) is 54.7 Å². The zero-order valence-corrected chi connectivity index (χ0v) is 21.2. The van der Waals surface area contributed by atoms with E-state index >= 15 is 0 Å². The minimum atomic E-state index is -0.570. The van der Waals surface area contributed by atoms with Gasteiger partial charge in [0.2, 0.25) is 0 Å². The minimum Gasteiger partial charge on any atom is -0.457 e. The monoisotopic (exact) mass is 545 g/mol. The summed E-state index contributed by atoms with van der Waals surface area (Å²) in [5.41, 5.74) is 9.01. The quantitative estimate of drug-likeness (QED) is 0.354. The molecule has 1 aliphatic rings. The number of carbonyl (C=O) groups is 2. The lowest BCUT2D eigenvalue weighted by atomic mass is 9.91. The van der Waals surface area contributed by atoms with Gasteiger partial charge in [0.1, 0.15) is 17.2 Å². The molecule has 8 nitrogen and oxygen atoms in total. The van der Waals surface area contributed by atoms with Crippen molar-refractivity contribution in [1.29, 1.82) is 0 Å². The number of rotatable bonds is 5. The van der Waals surface area contributed by atoms with Crippen LogP contribution in [0.25, 0.3) is 16.9 Å². The molecule has 9 heteroatoms. The fourth-order valence-electron chi connectivity index (χ4n) is 4.57. The van der Waals surface area contributed by atoms with Crippen molar-refractivity contribution in [3.63, 3.8) is 0 Å². The molecule has 1 saturated heterocycles. The number of nitrogens with two attached hydrogens (primary N) is 1. The second kappa shape index (κ2) is 9.91. The maximum absolute atomic E-state index is 12.4. The van der Waals surface area contributed by atoms with E-state index < -0.39 is 5.91 Å². The van der Waals surface area contributed by atoms with Gasteiger partial charge in [-0.2, -0.15) is 0 Å².